The first-order valence-corrected chi connectivity index (χ1v) is 4.82. The van der Waals surface area contributed by atoms with Crippen LogP contribution in [0.25, 0.3) is 0 Å². The van der Waals surface area contributed by atoms with Crippen molar-refractivity contribution >= 4 is 5.91 Å². The van der Waals surface area contributed by atoms with Crippen molar-refractivity contribution in [1.82, 2.24) is 9.80 Å². The maximum atomic E-state index is 12.2. The number of hydrogen-bond acceptors (Lipinski definition) is 3. The van der Waals surface area contributed by atoms with Gasteiger partial charge in [0.15, 0.2) is 0 Å². The maximum absolute atomic E-state index is 12.2. The predicted molar refractivity (Wildman–Crippen MR) is 52.9 cm³/mol. The first-order valence-electron chi connectivity index (χ1n) is 4.82. The van der Waals surface area contributed by atoms with E-state index >= 15 is 0 Å². The standard InChI is InChI=1S/C9H17F3N2O2/c1-7(8(16)13(2)3)14(4-5-15)6-9(10,11)12/h7,15H,4-6H2,1-3H3. The third kappa shape index (κ3) is 5.32. The van der Waals surface area contributed by atoms with Gasteiger partial charge in [-0.1, -0.05) is 0 Å². The topological polar surface area (TPSA) is 43.8 Å². The van der Waals surface area contributed by atoms with Crippen molar-refractivity contribution in [2.45, 2.75) is 19.1 Å². The van der Waals surface area contributed by atoms with Crippen molar-refractivity contribution in [2.24, 2.45) is 0 Å². The van der Waals surface area contributed by atoms with Crippen LogP contribution in [0.1, 0.15) is 6.92 Å². The molecule has 0 rings (SSSR count). The summed E-state index contributed by atoms with van der Waals surface area (Å²) in [6.45, 7) is -0.403. The van der Waals surface area contributed by atoms with Gasteiger partial charge in [0.05, 0.1) is 19.2 Å². The number of amides is 1. The van der Waals surface area contributed by atoms with Crippen LogP contribution in [0.5, 0.6) is 0 Å². The van der Waals surface area contributed by atoms with Crippen LogP contribution in [0.15, 0.2) is 0 Å². The quantitative estimate of drug-likeness (QED) is 0.755. The summed E-state index contributed by atoms with van der Waals surface area (Å²) in [5.41, 5.74) is 0. The van der Waals surface area contributed by atoms with Crippen LogP contribution in [0.2, 0.25) is 0 Å². The van der Waals surface area contributed by atoms with Crippen molar-refractivity contribution < 1.29 is 23.1 Å². The number of likely N-dealkylation sites (N-methyl/N-ethyl adjacent to an activating group) is 1. The van der Waals surface area contributed by atoms with E-state index in [0.29, 0.717) is 0 Å². The molecule has 0 aromatic carbocycles. The molecule has 16 heavy (non-hydrogen) atoms. The highest BCUT2D eigenvalue weighted by atomic mass is 19.4. The molecule has 1 unspecified atom stereocenters. The molecule has 4 nitrogen and oxygen atoms in total. The van der Waals surface area contributed by atoms with Crippen LogP contribution in [-0.2, 0) is 4.79 Å². The van der Waals surface area contributed by atoms with Crippen molar-refractivity contribution in [3.63, 3.8) is 0 Å². The lowest BCUT2D eigenvalue weighted by molar-refractivity contribution is -0.157. The molecule has 0 aliphatic rings. The molecule has 0 aliphatic carbocycles. The molecule has 0 aromatic rings. The summed E-state index contributed by atoms with van der Waals surface area (Å²) < 4.78 is 36.6. The maximum Gasteiger partial charge on any atom is 0.401 e. The van der Waals surface area contributed by atoms with Crippen LogP contribution >= 0.6 is 0 Å². The molecule has 0 aliphatic heterocycles. The van der Waals surface area contributed by atoms with E-state index in [2.05, 4.69) is 0 Å². The Hall–Kier alpha value is -0.820. The zero-order chi connectivity index (χ0) is 12.9. The second-order valence-electron chi connectivity index (χ2n) is 3.72. The fraction of sp³-hybridized carbons (Fsp3) is 0.889. The number of halogens is 3. The number of aliphatic hydroxyl groups excluding tert-OH is 1. The summed E-state index contributed by atoms with van der Waals surface area (Å²) >= 11 is 0. The summed E-state index contributed by atoms with van der Waals surface area (Å²) in [7, 11) is 2.95. The summed E-state index contributed by atoms with van der Waals surface area (Å²) in [5, 5.41) is 8.67. The van der Waals surface area contributed by atoms with E-state index < -0.39 is 31.3 Å². The summed E-state index contributed by atoms with van der Waals surface area (Å²) in [6.07, 6.45) is -4.38. The zero-order valence-electron chi connectivity index (χ0n) is 9.58. The number of aliphatic hydroxyl groups is 1. The van der Waals surface area contributed by atoms with Gasteiger partial charge in [-0.05, 0) is 6.92 Å². The largest absolute Gasteiger partial charge is 0.401 e. The molecule has 96 valence electrons. The third-order valence-corrected chi connectivity index (χ3v) is 2.12. The van der Waals surface area contributed by atoms with Crippen LogP contribution in [0.4, 0.5) is 13.2 Å². The highest BCUT2D eigenvalue weighted by Crippen LogP contribution is 2.18. The first-order chi connectivity index (χ1) is 7.19. The Morgan fingerprint density at radius 2 is 1.88 bits per heavy atom. The van der Waals surface area contributed by atoms with Gasteiger partial charge in [0.2, 0.25) is 5.91 Å². The Kier molecular flexibility index (Phi) is 5.74. The van der Waals surface area contributed by atoms with E-state index in [0.717, 1.165) is 4.90 Å². The molecule has 0 bridgehead atoms. The normalized spacial score (nSPS) is 14.0. The molecular weight excluding hydrogens is 225 g/mol. The average molecular weight is 242 g/mol. The van der Waals surface area contributed by atoms with Crippen molar-refractivity contribution in [3.8, 4) is 0 Å². The molecule has 0 aromatic heterocycles. The van der Waals surface area contributed by atoms with Crippen LogP contribution in [0.3, 0.4) is 0 Å². The fourth-order valence-electron chi connectivity index (χ4n) is 1.30. The summed E-state index contributed by atoms with van der Waals surface area (Å²) in [4.78, 5) is 13.6. The molecule has 0 saturated carbocycles. The Morgan fingerprint density at radius 1 is 1.38 bits per heavy atom. The summed E-state index contributed by atoms with van der Waals surface area (Å²) in [6, 6.07) is -0.899. The molecule has 1 amide bonds. The van der Waals surface area contributed by atoms with E-state index in [1.54, 1.807) is 0 Å². The predicted octanol–water partition coefficient (Wildman–Crippen LogP) is 0.320. The van der Waals surface area contributed by atoms with Crippen LogP contribution < -0.4 is 0 Å². The molecule has 0 fully saturated rings. The zero-order valence-corrected chi connectivity index (χ0v) is 9.58. The molecule has 0 saturated heterocycles. The van der Waals surface area contributed by atoms with Gasteiger partial charge in [-0.2, -0.15) is 13.2 Å². The monoisotopic (exact) mass is 242 g/mol. The highest BCUT2D eigenvalue weighted by molar-refractivity contribution is 5.80. The highest BCUT2D eigenvalue weighted by Gasteiger charge is 2.34. The second kappa shape index (κ2) is 6.05. The van der Waals surface area contributed by atoms with Crippen LogP contribution in [-0.4, -0.2) is 66.8 Å². The van der Waals surface area contributed by atoms with E-state index in [1.807, 2.05) is 0 Å². The average Bonchev–Trinajstić information content (AvgIpc) is 2.12. The lowest BCUT2D eigenvalue weighted by Crippen LogP contribution is -2.49. The Bertz CT molecular complexity index is 231. The number of alkyl halides is 3. The van der Waals surface area contributed by atoms with Gasteiger partial charge in [-0.25, -0.2) is 0 Å². The number of carbonyl (C=O) groups is 1. The Morgan fingerprint density at radius 3 is 2.19 bits per heavy atom. The smallest absolute Gasteiger partial charge is 0.395 e. The molecule has 1 atom stereocenters. The number of hydrogen-bond donors (Lipinski definition) is 1. The van der Waals surface area contributed by atoms with Gasteiger partial charge in [0.1, 0.15) is 0 Å². The van der Waals surface area contributed by atoms with Crippen molar-refractivity contribution in [1.29, 1.82) is 0 Å². The van der Waals surface area contributed by atoms with Gasteiger partial charge in [0, 0.05) is 20.6 Å². The van der Waals surface area contributed by atoms with Gasteiger partial charge in [0.25, 0.3) is 0 Å². The first kappa shape index (κ1) is 15.2. The minimum Gasteiger partial charge on any atom is -0.395 e. The van der Waals surface area contributed by atoms with Gasteiger partial charge >= 0.3 is 6.18 Å². The number of nitrogens with zero attached hydrogens (tertiary/aromatic N) is 2. The number of rotatable bonds is 5. The lowest BCUT2D eigenvalue weighted by atomic mass is 10.2. The molecular formula is C9H17F3N2O2. The Labute approximate surface area is 92.6 Å². The minimum absolute atomic E-state index is 0.180. The number of carbonyl (C=O) groups excluding carboxylic acids is 1. The second-order valence-corrected chi connectivity index (χ2v) is 3.72. The summed E-state index contributed by atoms with van der Waals surface area (Å²) in [5.74, 6) is -0.419. The Balaban J connectivity index is 4.58. The molecule has 0 heterocycles. The molecule has 1 N–H and O–H groups in total. The van der Waals surface area contributed by atoms with Crippen molar-refractivity contribution in [2.75, 3.05) is 33.8 Å². The minimum atomic E-state index is -4.38. The van der Waals surface area contributed by atoms with Crippen LogP contribution in [0, 0.1) is 0 Å². The van der Waals surface area contributed by atoms with Gasteiger partial charge in [-0.15, -0.1) is 0 Å². The molecule has 0 radical (unpaired) electrons. The SMILES string of the molecule is CC(C(=O)N(C)C)N(CCO)CC(F)(F)F. The lowest BCUT2D eigenvalue weighted by Gasteiger charge is -2.29. The fourth-order valence-corrected chi connectivity index (χ4v) is 1.30. The third-order valence-electron chi connectivity index (χ3n) is 2.12. The molecule has 0 spiro atoms. The molecule has 7 heteroatoms. The van der Waals surface area contributed by atoms with E-state index in [4.69, 9.17) is 5.11 Å². The van der Waals surface area contributed by atoms with E-state index in [-0.39, 0.29) is 6.54 Å². The van der Waals surface area contributed by atoms with Crippen molar-refractivity contribution in [3.05, 3.63) is 0 Å². The van der Waals surface area contributed by atoms with Gasteiger partial charge in [-0.3, -0.25) is 9.69 Å². The van der Waals surface area contributed by atoms with E-state index in [9.17, 15) is 18.0 Å². The van der Waals surface area contributed by atoms with E-state index in [1.165, 1.54) is 25.9 Å². The van der Waals surface area contributed by atoms with Gasteiger partial charge < -0.3 is 10.0 Å².